The Hall–Kier alpha value is -4.08. The third kappa shape index (κ3) is 7.72. The van der Waals surface area contributed by atoms with Crippen molar-refractivity contribution in [2.45, 2.75) is 17.2 Å². The highest BCUT2D eigenvalue weighted by atomic mass is 32.2. The van der Waals surface area contributed by atoms with E-state index in [9.17, 15) is 39.6 Å². The number of rotatable bonds is 4. The lowest BCUT2D eigenvalue weighted by Gasteiger charge is -2.09. The zero-order valence-electron chi connectivity index (χ0n) is 17.7. The molecule has 0 aliphatic rings. The molecule has 0 spiro atoms. The van der Waals surface area contributed by atoms with E-state index in [0.29, 0.717) is 28.5 Å². The number of nitrogens with zero attached hydrogens (tertiary/aromatic N) is 1. The first kappa shape index (κ1) is 30.0. The molecule has 0 saturated heterocycles. The molecule has 0 aliphatic heterocycles. The number of carbonyl (C=O) groups is 3. The minimum Gasteiger partial charge on any atom is -0.497 e. The number of fused-ring (bicyclic) bond motifs is 1. The van der Waals surface area contributed by atoms with E-state index in [-0.39, 0.29) is 4.90 Å². The van der Waals surface area contributed by atoms with Crippen LogP contribution >= 0.6 is 0 Å². The molecular formula is C20H15F6NO8S. The molecule has 0 bridgehead atoms. The van der Waals surface area contributed by atoms with Crippen molar-refractivity contribution in [3.63, 3.8) is 0 Å². The summed E-state index contributed by atoms with van der Waals surface area (Å²) in [6.45, 7) is 0. The number of aldehydes is 1. The molecular weight excluding hydrogens is 528 g/mol. The van der Waals surface area contributed by atoms with Gasteiger partial charge in [-0.1, -0.05) is 18.2 Å². The molecule has 3 rings (SSSR count). The van der Waals surface area contributed by atoms with Crippen LogP contribution in [0, 0.1) is 0 Å². The third-order valence-corrected chi connectivity index (χ3v) is 5.63. The van der Waals surface area contributed by atoms with Crippen LogP contribution in [0.25, 0.3) is 10.9 Å². The molecule has 1 aromatic heterocycles. The maximum atomic E-state index is 12.7. The summed E-state index contributed by atoms with van der Waals surface area (Å²) in [6, 6.07) is 12.9. The predicted octanol–water partition coefficient (Wildman–Crippen LogP) is 3.97. The van der Waals surface area contributed by atoms with Crippen molar-refractivity contribution in [2.75, 3.05) is 7.11 Å². The summed E-state index contributed by atoms with van der Waals surface area (Å²) in [5, 5.41) is 14.8. The Kier molecular flexibility index (Phi) is 9.62. The van der Waals surface area contributed by atoms with Crippen LogP contribution < -0.4 is 4.74 Å². The van der Waals surface area contributed by atoms with E-state index in [0.717, 1.165) is 3.97 Å². The summed E-state index contributed by atoms with van der Waals surface area (Å²) in [7, 11) is -2.26. The standard InChI is InChI=1S/C16H13NO4S.2C2HF3O2/c1-21-13-9-12(11-18)15-7-8-17(16(15)10-13)22(19,20)14-5-3-2-4-6-14;2*3-2(4,5)1(6)7/h2-11H,1H3;2*(H,6,7). The van der Waals surface area contributed by atoms with E-state index in [4.69, 9.17) is 24.5 Å². The van der Waals surface area contributed by atoms with Crippen molar-refractivity contribution in [3.05, 3.63) is 60.3 Å². The molecule has 1 heterocycles. The summed E-state index contributed by atoms with van der Waals surface area (Å²) in [6.07, 6.45) is -8.04. The van der Waals surface area contributed by atoms with Crippen molar-refractivity contribution >= 4 is 39.2 Å². The lowest BCUT2D eigenvalue weighted by molar-refractivity contribution is -0.193. The first-order chi connectivity index (χ1) is 16.5. The van der Waals surface area contributed by atoms with Crippen LogP contribution in [0.2, 0.25) is 0 Å². The second kappa shape index (κ2) is 11.6. The van der Waals surface area contributed by atoms with Crippen molar-refractivity contribution in [1.82, 2.24) is 3.97 Å². The van der Waals surface area contributed by atoms with Gasteiger partial charge in [-0.2, -0.15) is 26.3 Å². The van der Waals surface area contributed by atoms with Crippen molar-refractivity contribution < 1.29 is 64.1 Å². The van der Waals surface area contributed by atoms with Crippen molar-refractivity contribution in [3.8, 4) is 5.75 Å². The van der Waals surface area contributed by atoms with E-state index in [2.05, 4.69) is 0 Å². The Morgan fingerprint density at radius 1 is 0.917 bits per heavy atom. The average Bonchev–Trinajstić information content (AvgIpc) is 3.23. The van der Waals surface area contributed by atoms with Gasteiger partial charge in [0.05, 0.1) is 17.5 Å². The molecule has 2 N–H and O–H groups in total. The second-order valence-corrected chi connectivity index (χ2v) is 8.12. The number of ether oxygens (including phenoxy) is 1. The number of benzene rings is 2. The molecule has 0 unspecified atom stereocenters. The first-order valence-electron chi connectivity index (χ1n) is 9.02. The zero-order chi connectivity index (χ0) is 27.9. The molecule has 0 amide bonds. The molecule has 2 aromatic carbocycles. The highest BCUT2D eigenvalue weighted by molar-refractivity contribution is 7.90. The fourth-order valence-electron chi connectivity index (χ4n) is 2.35. The Bertz CT molecular complexity index is 1310. The van der Waals surface area contributed by atoms with Gasteiger partial charge >= 0.3 is 24.3 Å². The minimum atomic E-state index is -5.08. The van der Waals surface area contributed by atoms with Gasteiger partial charge in [0, 0.05) is 23.2 Å². The third-order valence-electron chi connectivity index (χ3n) is 3.93. The van der Waals surface area contributed by atoms with Gasteiger partial charge in [-0.3, -0.25) is 4.79 Å². The molecule has 36 heavy (non-hydrogen) atoms. The number of alkyl halides is 6. The number of methoxy groups -OCH3 is 1. The van der Waals surface area contributed by atoms with Gasteiger partial charge in [-0.05, 0) is 24.3 Å². The minimum absolute atomic E-state index is 0.183. The molecule has 0 radical (unpaired) electrons. The topological polar surface area (TPSA) is 140 Å². The summed E-state index contributed by atoms with van der Waals surface area (Å²) in [5.41, 5.74) is 0.793. The van der Waals surface area contributed by atoms with Crippen LogP contribution in [0.15, 0.2) is 59.6 Å². The monoisotopic (exact) mass is 543 g/mol. The van der Waals surface area contributed by atoms with Crippen molar-refractivity contribution in [2.24, 2.45) is 0 Å². The van der Waals surface area contributed by atoms with E-state index in [1.54, 1.807) is 36.4 Å². The average molecular weight is 543 g/mol. The molecule has 0 atom stereocenters. The van der Waals surface area contributed by atoms with Gasteiger partial charge in [0.1, 0.15) is 5.75 Å². The number of hydrogen-bond acceptors (Lipinski definition) is 6. The van der Waals surface area contributed by atoms with Crippen LogP contribution in [0.5, 0.6) is 5.75 Å². The van der Waals surface area contributed by atoms with Gasteiger partial charge in [0.2, 0.25) is 0 Å². The summed E-state index contributed by atoms with van der Waals surface area (Å²) in [4.78, 5) is 29.2. The number of aliphatic carboxylic acids is 2. The van der Waals surface area contributed by atoms with Gasteiger partial charge in [-0.25, -0.2) is 22.0 Å². The zero-order valence-corrected chi connectivity index (χ0v) is 18.6. The molecule has 0 saturated carbocycles. The van der Waals surface area contributed by atoms with Gasteiger partial charge in [0.25, 0.3) is 10.0 Å². The van der Waals surface area contributed by atoms with Gasteiger partial charge in [0.15, 0.2) is 6.29 Å². The van der Waals surface area contributed by atoms with Gasteiger partial charge in [-0.15, -0.1) is 0 Å². The number of halogens is 6. The number of hydrogen-bond donors (Lipinski definition) is 2. The van der Waals surface area contributed by atoms with E-state index in [1.165, 1.54) is 25.4 Å². The fourth-order valence-corrected chi connectivity index (χ4v) is 3.71. The molecule has 9 nitrogen and oxygen atoms in total. The first-order valence-corrected chi connectivity index (χ1v) is 10.5. The summed E-state index contributed by atoms with van der Waals surface area (Å²) < 4.78 is 95.3. The van der Waals surface area contributed by atoms with Crippen LogP contribution in [0.3, 0.4) is 0 Å². The highest BCUT2D eigenvalue weighted by Crippen LogP contribution is 2.28. The normalized spacial score (nSPS) is 11.4. The number of carbonyl (C=O) groups excluding carboxylic acids is 1. The van der Waals surface area contributed by atoms with Crippen LogP contribution in [-0.2, 0) is 19.6 Å². The summed E-state index contributed by atoms with van der Waals surface area (Å²) >= 11 is 0. The number of aromatic nitrogens is 1. The van der Waals surface area contributed by atoms with Crippen LogP contribution in [0.1, 0.15) is 10.4 Å². The number of carboxylic acids is 2. The highest BCUT2D eigenvalue weighted by Gasteiger charge is 2.38. The van der Waals surface area contributed by atoms with E-state index >= 15 is 0 Å². The lowest BCUT2D eigenvalue weighted by atomic mass is 10.1. The predicted molar refractivity (Wildman–Crippen MR) is 110 cm³/mol. The number of carboxylic acid groups (broad SMARTS) is 2. The molecule has 0 aliphatic carbocycles. The smallest absolute Gasteiger partial charge is 0.490 e. The second-order valence-electron chi connectivity index (χ2n) is 6.30. The largest absolute Gasteiger partial charge is 0.497 e. The van der Waals surface area contributed by atoms with Crippen molar-refractivity contribution in [1.29, 1.82) is 0 Å². The van der Waals surface area contributed by atoms with Crippen LogP contribution in [0.4, 0.5) is 26.3 Å². The van der Waals surface area contributed by atoms with E-state index < -0.39 is 34.3 Å². The van der Waals surface area contributed by atoms with E-state index in [1.807, 2.05) is 0 Å². The Balaban J connectivity index is 0.000000383. The molecule has 0 fully saturated rings. The van der Waals surface area contributed by atoms with Gasteiger partial charge < -0.3 is 14.9 Å². The quantitative estimate of drug-likeness (QED) is 0.372. The molecule has 3 aromatic rings. The molecule has 16 heteroatoms. The Morgan fingerprint density at radius 3 is 1.78 bits per heavy atom. The van der Waals surface area contributed by atoms with Crippen LogP contribution in [-0.4, -0.2) is 60.3 Å². The molecule has 196 valence electrons. The summed E-state index contributed by atoms with van der Waals surface area (Å²) in [5.74, 6) is -5.09. The lowest BCUT2D eigenvalue weighted by Crippen LogP contribution is -2.21. The SMILES string of the molecule is COc1cc(C=O)c2ccn(S(=O)(=O)c3ccccc3)c2c1.O=C(O)C(F)(F)F.O=C(O)C(F)(F)F. The fraction of sp³-hybridized carbons (Fsp3) is 0.150. The Morgan fingerprint density at radius 2 is 1.39 bits per heavy atom. The Labute approximate surface area is 198 Å². The maximum absolute atomic E-state index is 12.7. The maximum Gasteiger partial charge on any atom is 0.490 e.